The zero-order chi connectivity index (χ0) is 12.3. The molecular weight excluding hydrogens is 212 g/mol. The Bertz CT molecular complexity index is 395. The van der Waals surface area contributed by atoms with Crippen LogP contribution in [0.4, 0.5) is 0 Å². The molecule has 0 heterocycles. The molecule has 0 aliphatic carbocycles. The molecule has 86 valence electrons. The molecule has 1 rings (SSSR count). The summed E-state index contributed by atoms with van der Waals surface area (Å²) >= 11 is 0. The standard InChI is InChI=1S/C11H12O5/c1-6(12)7-2-4-8(5-3-7)9(13)10(14)11(15)16/h2-5,9-10,13-14H,1H3,(H,15,16). The van der Waals surface area contributed by atoms with Crippen molar-refractivity contribution in [2.45, 2.75) is 19.1 Å². The van der Waals surface area contributed by atoms with Crippen LogP contribution in [0.25, 0.3) is 0 Å². The quantitative estimate of drug-likeness (QED) is 0.642. The highest BCUT2D eigenvalue weighted by Crippen LogP contribution is 2.17. The van der Waals surface area contributed by atoms with Gasteiger partial charge in [-0.3, -0.25) is 4.79 Å². The molecule has 1 aromatic carbocycles. The van der Waals surface area contributed by atoms with E-state index in [1.165, 1.54) is 31.2 Å². The SMILES string of the molecule is CC(=O)c1ccc(C(O)C(O)C(=O)O)cc1. The lowest BCUT2D eigenvalue weighted by Crippen LogP contribution is -2.27. The number of hydrogen-bond donors (Lipinski definition) is 3. The molecule has 0 spiro atoms. The van der Waals surface area contributed by atoms with Gasteiger partial charge >= 0.3 is 5.97 Å². The van der Waals surface area contributed by atoms with Crippen LogP contribution in [0, 0.1) is 0 Å². The monoisotopic (exact) mass is 224 g/mol. The maximum Gasteiger partial charge on any atom is 0.335 e. The van der Waals surface area contributed by atoms with E-state index in [2.05, 4.69) is 0 Å². The van der Waals surface area contributed by atoms with E-state index < -0.39 is 18.2 Å². The van der Waals surface area contributed by atoms with Crippen LogP contribution in [0.1, 0.15) is 28.9 Å². The smallest absolute Gasteiger partial charge is 0.335 e. The number of ketones is 1. The van der Waals surface area contributed by atoms with Crippen LogP contribution >= 0.6 is 0 Å². The van der Waals surface area contributed by atoms with Gasteiger partial charge in [-0.1, -0.05) is 24.3 Å². The highest BCUT2D eigenvalue weighted by molar-refractivity contribution is 5.94. The largest absolute Gasteiger partial charge is 0.479 e. The normalized spacial score (nSPS) is 14.2. The summed E-state index contributed by atoms with van der Waals surface area (Å²) in [6.45, 7) is 1.40. The number of hydrogen-bond acceptors (Lipinski definition) is 4. The number of aliphatic carboxylic acids is 1. The van der Waals surface area contributed by atoms with Gasteiger partial charge in [-0.25, -0.2) is 4.79 Å². The van der Waals surface area contributed by atoms with Gasteiger partial charge in [0.15, 0.2) is 11.9 Å². The van der Waals surface area contributed by atoms with Crippen molar-refractivity contribution in [1.82, 2.24) is 0 Å². The third-order valence-corrected chi connectivity index (χ3v) is 2.21. The van der Waals surface area contributed by atoms with E-state index >= 15 is 0 Å². The minimum atomic E-state index is -1.87. The highest BCUT2D eigenvalue weighted by Gasteiger charge is 2.24. The topological polar surface area (TPSA) is 94.8 Å². The molecular formula is C11H12O5. The van der Waals surface area contributed by atoms with E-state index in [4.69, 9.17) is 10.2 Å². The van der Waals surface area contributed by atoms with Crippen LogP contribution in [0.15, 0.2) is 24.3 Å². The van der Waals surface area contributed by atoms with Gasteiger partial charge in [0, 0.05) is 5.56 Å². The lowest BCUT2D eigenvalue weighted by molar-refractivity contribution is -0.153. The number of Topliss-reactive ketones (excluding diaryl/α,β-unsaturated/α-hetero) is 1. The lowest BCUT2D eigenvalue weighted by Gasteiger charge is -2.14. The molecule has 0 saturated heterocycles. The van der Waals surface area contributed by atoms with Crippen molar-refractivity contribution >= 4 is 11.8 Å². The third-order valence-electron chi connectivity index (χ3n) is 2.21. The molecule has 0 amide bonds. The summed E-state index contributed by atoms with van der Waals surface area (Å²) < 4.78 is 0. The average molecular weight is 224 g/mol. The lowest BCUT2D eigenvalue weighted by atomic mass is 10.0. The summed E-state index contributed by atoms with van der Waals surface area (Å²) in [5.41, 5.74) is 0.709. The van der Waals surface area contributed by atoms with Gasteiger partial charge in [-0.2, -0.15) is 0 Å². The molecule has 5 heteroatoms. The van der Waals surface area contributed by atoms with Crippen LogP contribution < -0.4 is 0 Å². The molecule has 1 aromatic rings. The van der Waals surface area contributed by atoms with E-state index in [1.807, 2.05) is 0 Å². The minimum Gasteiger partial charge on any atom is -0.479 e. The van der Waals surface area contributed by atoms with Crippen molar-refractivity contribution in [1.29, 1.82) is 0 Å². The second-order valence-electron chi connectivity index (χ2n) is 3.41. The predicted molar refractivity (Wildman–Crippen MR) is 55.0 cm³/mol. The average Bonchev–Trinajstić information content (AvgIpc) is 2.27. The van der Waals surface area contributed by atoms with E-state index in [9.17, 15) is 14.7 Å². The molecule has 0 bridgehead atoms. The van der Waals surface area contributed by atoms with E-state index in [-0.39, 0.29) is 11.3 Å². The fourth-order valence-corrected chi connectivity index (χ4v) is 1.23. The first-order valence-corrected chi connectivity index (χ1v) is 4.63. The first-order chi connectivity index (χ1) is 7.43. The van der Waals surface area contributed by atoms with Crippen LogP contribution in [0.5, 0.6) is 0 Å². The molecule has 5 nitrogen and oxygen atoms in total. The Morgan fingerprint density at radius 1 is 1.12 bits per heavy atom. The highest BCUT2D eigenvalue weighted by atomic mass is 16.4. The molecule has 3 N–H and O–H groups in total. The zero-order valence-electron chi connectivity index (χ0n) is 8.62. The van der Waals surface area contributed by atoms with Crippen molar-refractivity contribution < 1.29 is 24.9 Å². The maximum atomic E-state index is 11.0. The minimum absolute atomic E-state index is 0.125. The van der Waals surface area contributed by atoms with Crippen molar-refractivity contribution in [3.8, 4) is 0 Å². The van der Waals surface area contributed by atoms with Crippen LogP contribution in [0.3, 0.4) is 0 Å². The maximum absolute atomic E-state index is 11.0. The van der Waals surface area contributed by atoms with Gasteiger partial charge in [0.25, 0.3) is 0 Å². The molecule has 0 aliphatic rings. The Balaban J connectivity index is 2.89. The van der Waals surface area contributed by atoms with Gasteiger partial charge in [0.05, 0.1) is 0 Å². The Morgan fingerprint density at radius 3 is 2.00 bits per heavy atom. The Kier molecular flexibility index (Phi) is 3.76. The molecule has 16 heavy (non-hydrogen) atoms. The fourth-order valence-electron chi connectivity index (χ4n) is 1.23. The molecule has 2 unspecified atom stereocenters. The molecule has 2 atom stereocenters. The van der Waals surface area contributed by atoms with E-state index in [0.29, 0.717) is 5.56 Å². The van der Waals surface area contributed by atoms with Gasteiger partial charge < -0.3 is 15.3 Å². The number of aliphatic hydroxyl groups excluding tert-OH is 2. The van der Waals surface area contributed by atoms with Crippen LogP contribution in [-0.4, -0.2) is 33.2 Å². The van der Waals surface area contributed by atoms with Crippen molar-refractivity contribution in [2.24, 2.45) is 0 Å². The summed E-state index contributed by atoms with van der Waals surface area (Å²) in [5, 5.41) is 27.1. The Hall–Kier alpha value is -1.72. The molecule has 0 saturated carbocycles. The number of rotatable bonds is 4. The van der Waals surface area contributed by atoms with Crippen molar-refractivity contribution in [3.05, 3.63) is 35.4 Å². The summed E-state index contributed by atoms with van der Waals surface area (Å²) in [4.78, 5) is 21.4. The number of carbonyl (C=O) groups is 2. The van der Waals surface area contributed by atoms with Gasteiger partial charge in [0.2, 0.25) is 0 Å². The number of carboxylic acid groups (broad SMARTS) is 1. The molecule has 0 fully saturated rings. The Labute approximate surface area is 92.0 Å². The summed E-state index contributed by atoms with van der Waals surface area (Å²) in [5.74, 6) is -1.62. The second-order valence-corrected chi connectivity index (χ2v) is 3.41. The summed E-state index contributed by atoms with van der Waals surface area (Å²) in [7, 11) is 0. The second kappa shape index (κ2) is 4.87. The number of aliphatic hydroxyl groups is 2. The summed E-state index contributed by atoms with van der Waals surface area (Å²) in [6, 6.07) is 5.76. The first-order valence-electron chi connectivity index (χ1n) is 4.63. The molecule has 0 aliphatic heterocycles. The predicted octanol–water partition coefficient (Wildman–Crippen LogP) is 0.368. The third kappa shape index (κ3) is 2.65. The zero-order valence-corrected chi connectivity index (χ0v) is 8.62. The molecule has 0 radical (unpaired) electrons. The number of benzene rings is 1. The van der Waals surface area contributed by atoms with E-state index in [1.54, 1.807) is 0 Å². The van der Waals surface area contributed by atoms with Crippen molar-refractivity contribution in [2.75, 3.05) is 0 Å². The van der Waals surface area contributed by atoms with Crippen LogP contribution in [-0.2, 0) is 4.79 Å². The summed E-state index contributed by atoms with van der Waals surface area (Å²) in [6.07, 6.45) is -3.37. The van der Waals surface area contributed by atoms with Gasteiger partial charge in [-0.05, 0) is 12.5 Å². The van der Waals surface area contributed by atoms with Crippen molar-refractivity contribution in [3.63, 3.8) is 0 Å². The number of carboxylic acids is 1. The van der Waals surface area contributed by atoms with E-state index in [0.717, 1.165) is 0 Å². The molecule has 0 aromatic heterocycles. The number of carbonyl (C=O) groups excluding carboxylic acids is 1. The first kappa shape index (κ1) is 12.4. The fraction of sp³-hybridized carbons (Fsp3) is 0.273. The Morgan fingerprint density at radius 2 is 1.62 bits per heavy atom. The van der Waals surface area contributed by atoms with Gasteiger partial charge in [-0.15, -0.1) is 0 Å². The van der Waals surface area contributed by atoms with Gasteiger partial charge in [0.1, 0.15) is 6.10 Å². The van der Waals surface area contributed by atoms with Crippen LogP contribution in [0.2, 0.25) is 0 Å².